The summed E-state index contributed by atoms with van der Waals surface area (Å²) in [7, 11) is 0. The van der Waals surface area contributed by atoms with E-state index in [1.54, 1.807) is 0 Å². The van der Waals surface area contributed by atoms with Crippen LogP contribution in [0.4, 0.5) is 0 Å². The van der Waals surface area contributed by atoms with Crippen LogP contribution in [0.15, 0.2) is 0 Å². The van der Waals surface area contributed by atoms with Gasteiger partial charge in [-0.15, -0.1) is 0 Å². The van der Waals surface area contributed by atoms with Crippen molar-refractivity contribution in [2.24, 2.45) is 56.2 Å². The Morgan fingerprint density at radius 3 is 2.23 bits per heavy atom. The molecule has 1 heterocycles. The molecule has 5 saturated carbocycles. The first kappa shape index (κ1) is 28.0. The van der Waals surface area contributed by atoms with E-state index in [2.05, 4.69) is 48.5 Å². The molecule has 0 aromatic rings. The Morgan fingerprint density at radius 1 is 0.795 bits per heavy atom. The molecule has 1 saturated heterocycles. The molecule has 6 rings (SSSR count). The SMILES string of the molecule is CC1(C)CC[C@]23CC[C@]4(C)[C@@H](CC[C@H]5[C@@]6(C)CC[C@H](OC(=O)CCC(=O)O)C(C)(C)[C@@H]6CC[C@]54C)[C@H]2[C@H]1OC3. The standard InChI is InChI=1S/C34H54O5/c1-29(2)16-18-34-19-17-32(6)21(27(34)28(29)38-20-34)8-9-23-31(5)14-13-24(39-26(37)11-10-25(35)36)30(3,4)22(31)12-15-33(23,32)7/h21-24,27-28H,8-20H2,1-7H3,(H,35,36)/t21-,22-,23-,24-,27-,28+,31-,32+,33+,34+/m0/s1. The van der Waals surface area contributed by atoms with Gasteiger partial charge >= 0.3 is 11.9 Å². The van der Waals surface area contributed by atoms with Crippen LogP contribution in [0, 0.1) is 56.2 Å². The number of aliphatic carboxylic acids is 1. The van der Waals surface area contributed by atoms with Gasteiger partial charge in [-0.2, -0.15) is 0 Å². The molecule has 1 N–H and O–H groups in total. The molecular weight excluding hydrogens is 488 g/mol. The van der Waals surface area contributed by atoms with Crippen LogP contribution in [0.25, 0.3) is 0 Å². The van der Waals surface area contributed by atoms with Crippen LogP contribution in [-0.2, 0) is 19.1 Å². The lowest BCUT2D eigenvalue weighted by Gasteiger charge is -2.73. The van der Waals surface area contributed by atoms with Gasteiger partial charge in [0.1, 0.15) is 6.10 Å². The van der Waals surface area contributed by atoms with E-state index in [0.717, 1.165) is 31.3 Å². The minimum Gasteiger partial charge on any atom is -0.481 e. The van der Waals surface area contributed by atoms with Crippen LogP contribution < -0.4 is 0 Å². The minimum atomic E-state index is -0.942. The molecule has 2 bridgehead atoms. The zero-order valence-electron chi connectivity index (χ0n) is 25.7. The predicted molar refractivity (Wildman–Crippen MR) is 151 cm³/mol. The second-order valence-corrected chi connectivity index (χ2v) is 17.0. The molecule has 5 nitrogen and oxygen atoms in total. The number of rotatable bonds is 4. The second kappa shape index (κ2) is 8.71. The van der Waals surface area contributed by atoms with Crippen molar-refractivity contribution in [2.75, 3.05) is 6.61 Å². The maximum Gasteiger partial charge on any atom is 0.306 e. The van der Waals surface area contributed by atoms with E-state index >= 15 is 0 Å². The molecule has 5 aliphatic carbocycles. The Morgan fingerprint density at radius 2 is 1.51 bits per heavy atom. The van der Waals surface area contributed by atoms with E-state index in [0.29, 0.717) is 34.2 Å². The van der Waals surface area contributed by atoms with Crippen molar-refractivity contribution in [1.29, 1.82) is 0 Å². The fourth-order valence-electron chi connectivity index (χ4n) is 12.6. The lowest BCUT2D eigenvalue weighted by molar-refractivity contribution is -0.254. The van der Waals surface area contributed by atoms with Gasteiger partial charge in [-0.1, -0.05) is 48.5 Å². The van der Waals surface area contributed by atoms with Gasteiger partial charge in [0.05, 0.1) is 25.6 Å². The van der Waals surface area contributed by atoms with E-state index < -0.39 is 5.97 Å². The van der Waals surface area contributed by atoms with Gasteiger partial charge < -0.3 is 14.6 Å². The third-order valence-corrected chi connectivity index (χ3v) is 14.9. The molecular formula is C34H54O5. The van der Waals surface area contributed by atoms with Crippen LogP contribution in [0.3, 0.4) is 0 Å². The second-order valence-electron chi connectivity index (χ2n) is 17.0. The normalized spacial score (nSPS) is 51.1. The topological polar surface area (TPSA) is 72.8 Å². The Balaban J connectivity index is 1.27. The number of hydrogen-bond acceptors (Lipinski definition) is 4. The van der Waals surface area contributed by atoms with E-state index in [4.69, 9.17) is 14.6 Å². The van der Waals surface area contributed by atoms with Crippen molar-refractivity contribution >= 4 is 11.9 Å². The average molecular weight is 543 g/mol. The number of hydrogen-bond donors (Lipinski definition) is 1. The molecule has 0 aromatic carbocycles. The minimum absolute atomic E-state index is 0.0333. The van der Waals surface area contributed by atoms with Crippen molar-refractivity contribution in [3.05, 3.63) is 0 Å². The summed E-state index contributed by atoms with van der Waals surface area (Å²) in [6.45, 7) is 18.6. The number of carbonyl (C=O) groups is 2. The molecule has 0 amide bonds. The number of fused-ring (bicyclic) bond motifs is 5. The van der Waals surface area contributed by atoms with Crippen molar-refractivity contribution in [1.82, 2.24) is 0 Å². The van der Waals surface area contributed by atoms with Crippen molar-refractivity contribution < 1.29 is 24.2 Å². The Hall–Kier alpha value is -1.10. The lowest BCUT2D eigenvalue weighted by Crippen LogP contribution is -2.67. The smallest absolute Gasteiger partial charge is 0.306 e. The van der Waals surface area contributed by atoms with Gasteiger partial charge in [-0.25, -0.2) is 0 Å². The molecule has 0 unspecified atom stereocenters. The van der Waals surface area contributed by atoms with Crippen LogP contribution in [-0.4, -0.2) is 35.9 Å². The fourth-order valence-corrected chi connectivity index (χ4v) is 12.6. The highest BCUT2D eigenvalue weighted by molar-refractivity contribution is 5.76. The summed E-state index contributed by atoms with van der Waals surface area (Å²) in [6, 6.07) is 0. The lowest BCUT2D eigenvalue weighted by atomic mass is 9.31. The van der Waals surface area contributed by atoms with Crippen LogP contribution >= 0.6 is 0 Å². The summed E-state index contributed by atoms with van der Waals surface area (Å²) in [5.74, 6) is 1.40. The van der Waals surface area contributed by atoms with Crippen LogP contribution in [0.2, 0.25) is 0 Å². The fraction of sp³-hybridized carbons (Fsp3) is 0.941. The largest absolute Gasteiger partial charge is 0.481 e. The van der Waals surface area contributed by atoms with E-state index in [1.807, 2.05) is 0 Å². The van der Waals surface area contributed by atoms with Gasteiger partial charge in [0, 0.05) is 5.41 Å². The molecule has 6 aliphatic rings. The summed E-state index contributed by atoms with van der Waals surface area (Å²) in [5.41, 5.74) is 1.52. The van der Waals surface area contributed by atoms with Crippen LogP contribution in [0.5, 0.6) is 0 Å². The van der Waals surface area contributed by atoms with E-state index in [1.165, 1.54) is 51.4 Å². The summed E-state index contributed by atoms with van der Waals surface area (Å²) < 4.78 is 12.7. The van der Waals surface area contributed by atoms with Gasteiger partial charge in [0.25, 0.3) is 0 Å². The number of carbonyl (C=O) groups excluding carboxylic acids is 1. The first-order valence-corrected chi connectivity index (χ1v) is 16.1. The van der Waals surface area contributed by atoms with Gasteiger partial charge in [0.2, 0.25) is 0 Å². The zero-order valence-corrected chi connectivity index (χ0v) is 25.7. The van der Waals surface area contributed by atoms with Crippen molar-refractivity contribution in [2.45, 2.75) is 138 Å². The first-order chi connectivity index (χ1) is 18.1. The van der Waals surface area contributed by atoms with E-state index in [-0.39, 0.29) is 41.2 Å². The molecule has 1 aliphatic heterocycles. The maximum absolute atomic E-state index is 12.5. The number of carboxylic acid groups (broad SMARTS) is 1. The molecule has 0 spiro atoms. The number of esters is 1. The maximum atomic E-state index is 12.5. The summed E-state index contributed by atoms with van der Waals surface area (Å²) in [6.07, 6.45) is 12.6. The molecule has 0 aromatic heterocycles. The predicted octanol–water partition coefficient (Wildman–Crippen LogP) is 7.65. The van der Waals surface area contributed by atoms with E-state index in [9.17, 15) is 9.59 Å². The van der Waals surface area contributed by atoms with Gasteiger partial charge in [-0.05, 0) is 115 Å². The molecule has 0 radical (unpaired) electrons. The van der Waals surface area contributed by atoms with Crippen LogP contribution in [0.1, 0.15) is 126 Å². The third-order valence-electron chi connectivity index (χ3n) is 14.9. The van der Waals surface area contributed by atoms with Crippen molar-refractivity contribution in [3.63, 3.8) is 0 Å². The average Bonchev–Trinajstić information content (AvgIpc) is 3.19. The highest BCUT2D eigenvalue weighted by atomic mass is 16.5. The number of carboxylic acids is 1. The zero-order chi connectivity index (χ0) is 28.2. The Bertz CT molecular complexity index is 1030. The number of ether oxygens (including phenoxy) is 2. The first-order valence-electron chi connectivity index (χ1n) is 16.1. The van der Waals surface area contributed by atoms with Gasteiger partial charge in [0.15, 0.2) is 0 Å². The molecule has 10 atom stereocenters. The quantitative estimate of drug-likeness (QED) is 0.369. The Labute approximate surface area is 236 Å². The monoisotopic (exact) mass is 542 g/mol. The highest BCUT2D eigenvalue weighted by Gasteiger charge is 2.72. The summed E-state index contributed by atoms with van der Waals surface area (Å²) >= 11 is 0. The third kappa shape index (κ3) is 3.72. The molecule has 220 valence electrons. The highest BCUT2D eigenvalue weighted by Crippen LogP contribution is 2.78. The molecule has 5 heteroatoms. The van der Waals surface area contributed by atoms with Crippen molar-refractivity contribution in [3.8, 4) is 0 Å². The summed E-state index contributed by atoms with van der Waals surface area (Å²) in [5, 5.41) is 9.00. The summed E-state index contributed by atoms with van der Waals surface area (Å²) in [4.78, 5) is 23.5. The molecule has 39 heavy (non-hydrogen) atoms. The van der Waals surface area contributed by atoms with Gasteiger partial charge in [-0.3, -0.25) is 9.59 Å². The Kier molecular flexibility index (Phi) is 6.26. The molecule has 6 fully saturated rings.